The zero-order valence-electron chi connectivity index (χ0n) is 10.7. The first-order valence-electron chi connectivity index (χ1n) is 6.03. The SMILES string of the molecule is CCOC(=O)CN1Cc2c(ccc(Cl)c2Cl)N2NC12.I. The van der Waals surface area contributed by atoms with E-state index in [2.05, 4.69) is 5.43 Å². The van der Waals surface area contributed by atoms with E-state index in [-0.39, 0.29) is 42.8 Å². The molecule has 0 bridgehead atoms. The van der Waals surface area contributed by atoms with Crippen molar-refractivity contribution in [2.75, 3.05) is 18.2 Å². The molecule has 2 aliphatic rings. The lowest BCUT2D eigenvalue weighted by Gasteiger charge is -2.27. The van der Waals surface area contributed by atoms with E-state index in [1.807, 2.05) is 16.0 Å². The summed E-state index contributed by atoms with van der Waals surface area (Å²) in [6.07, 6.45) is 0.0362. The summed E-state index contributed by atoms with van der Waals surface area (Å²) < 4.78 is 4.97. The molecular weight excluding hydrogens is 416 g/mol. The second-order valence-corrected chi connectivity index (χ2v) is 5.23. The van der Waals surface area contributed by atoms with Crippen LogP contribution in [0.15, 0.2) is 12.1 Å². The molecule has 8 heteroatoms. The molecule has 0 radical (unpaired) electrons. The van der Waals surface area contributed by atoms with Gasteiger partial charge in [-0.2, -0.15) is 5.43 Å². The molecule has 5 nitrogen and oxygen atoms in total. The van der Waals surface area contributed by atoms with Gasteiger partial charge >= 0.3 is 5.97 Å². The number of esters is 1. The topological polar surface area (TPSA) is 54.5 Å². The van der Waals surface area contributed by atoms with Gasteiger partial charge in [0.15, 0.2) is 6.29 Å². The number of fused-ring (bicyclic) bond motifs is 3. The van der Waals surface area contributed by atoms with Gasteiger partial charge in [-0.25, -0.2) is 0 Å². The minimum absolute atomic E-state index is 0. The third-order valence-corrected chi connectivity index (χ3v) is 4.05. The third kappa shape index (κ3) is 2.85. The van der Waals surface area contributed by atoms with Gasteiger partial charge in [-0.1, -0.05) is 23.2 Å². The van der Waals surface area contributed by atoms with Crippen LogP contribution in [-0.2, 0) is 16.1 Å². The zero-order chi connectivity index (χ0) is 13.6. The molecule has 1 saturated heterocycles. The van der Waals surface area contributed by atoms with Crippen molar-refractivity contribution >= 4 is 58.8 Å². The van der Waals surface area contributed by atoms with Gasteiger partial charge in [-0.15, -0.1) is 24.0 Å². The van der Waals surface area contributed by atoms with Gasteiger partial charge in [0.05, 0.1) is 28.9 Å². The molecule has 0 saturated carbocycles. The maximum absolute atomic E-state index is 11.6. The smallest absolute Gasteiger partial charge is 0.320 e. The number of hydrazine groups is 1. The van der Waals surface area contributed by atoms with Crippen LogP contribution in [0, 0.1) is 0 Å². The maximum Gasteiger partial charge on any atom is 0.320 e. The second kappa shape index (κ2) is 6.23. The molecule has 0 spiro atoms. The average Bonchev–Trinajstić information content (AvgIpc) is 3.15. The summed E-state index contributed by atoms with van der Waals surface area (Å²) in [5.74, 6) is -0.238. The van der Waals surface area contributed by atoms with Crippen molar-refractivity contribution in [3.8, 4) is 0 Å². The van der Waals surface area contributed by atoms with Crippen LogP contribution in [0.25, 0.3) is 0 Å². The Morgan fingerprint density at radius 1 is 1.50 bits per heavy atom. The van der Waals surface area contributed by atoms with E-state index in [9.17, 15) is 4.79 Å². The van der Waals surface area contributed by atoms with Gasteiger partial charge in [0.2, 0.25) is 0 Å². The Labute approximate surface area is 144 Å². The molecule has 1 fully saturated rings. The van der Waals surface area contributed by atoms with Crippen LogP contribution in [-0.4, -0.2) is 30.3 Å². The molecule has 2 aliphatic heterocycles. The van der Waals surface area contributed by atoms with Gasteiger partial charge in [0.25, 0.3) is 0 Å². The highest BCUT2D eigenvalue weighted by Gasteiger charge is 2.45. The van der Waals surface area contributed by atoms with Gasteiger partial charge in [0, 0.05) is 12.1 Å². The zero-order valence-corrected chi connectivity index (χ0v) is 14.6. The van der Waals surface area contributed by atoms with E-state index in [0.29, 0.717) is 23.2 Å². The minimum Gasteiger partial charge on any atom is -0.465 e. The largest absolute Gasteiger partial charge is 0.465 e. The first-order valence-corrected chi connectivity index (χ1v) is 6.79. The van der Waals surface area contributed by atoms with Crippen molar-refractivity contribution in [3.05, 3.63) is 27.7 Å². The van der Waals surface area contributed by atoms with E-state index in [0.717, 1.165) is 11.3 Å². The quantitative estimate of drug-likeness (QED) is 0.454. The summed E-state index contributed by atoms with van der Waals surface area (Å²) in [6, 6.07) is 3.71. The minimum atomic E-state index is -0.238. The lowest BCUT2D eigenvalue weighted by Crippen LogP contribution is -2.38. The number of anilines is 1. The Morgan fingerprint density at radius 2 is 2.25 bits per heavy atom. The number of rotatable bonds is 3. The lowest BCUT2D eigenvalue weighted by atomic mass is 10.1. The molecule has 1 unspecified atom stereocenters. The average molecular weight is 430 g/mol. The number of nitrogens with zero attached hydrogens (tertiary/aromatic N) is 2. The number of nitrogens with one attached hydrogen (secondary N) is 1. The third-order valence-electron chi connectivity index (χ3n) is 3.21. The van der Waals surface area contributed by atoms with Crippen LogP contribution in [0.3, 0.4) is 0 Å². The van der Waals surface area contributed by atoms with E-state index in [1.54, 1.807) is 13.0 Å². The molecule has 2 heterocycles. The van der Waals surface area contributed by atoms with Crippen molar-refractivity contribution in [2.45, 2.75) is 19.8 Å². The van der Waals surface area contributed by atoms with Crippen LogP contribution < -0.4 is 10.4 Å². The number of ether oxygens (including phenoxy) is 1. The van der Waals surface area contributed by atoms with Crippen LogP contribution in [0.4, 0.5) is 5.69 Å². The molecule has 1 N–H and O–H groups in total. The first kappa shape index (κ1) is 16.1. The van der Waals surface area contributed by atoms with Crippen LogP contribution in [0.1, 0.15) is 12.5 Å². The fraction of sp³-hybridized carbons (Fsp3) is 0.417. The summed E-state index contributed by atoms with van der Waals surface area (Å²) in [5.41, 5.74) is 5.12. The van der Waals surface area contributed by atoms with Crippen molar-refractivity contribution in [2.24, 2.45) is 0 Å². The summed E-state index contributed by atoms with van der Waals surface area (Å²) >= 11 is 12.3. The fourth-order valence-corrected chi connectivity index (χ4v) is 2.70. The predicted molar refractivity (Wildman–Crippen MR) is 88.3 cm³/mol. The number of benzene rings is 1. The van der Waals surface area contributed by atoms with Crippen molar-refractivity contribution < 1.29 is 9.53 Å². The highest BCUT2D eigenvalue weighted by Crippen LogP contribution is 2.41. The highest BCUT2D eigenvalue weighted by atomic mass is 127. The number of carbonyl (C=O) groups is 1. The van der Waals surface area contributed by atoms with Crippen molar-refractivity contribution in [3.63, 3.8) is 0 Å². The predicted octanol–water partition coefficient (Wildman–Crippen LogP) is 2.60. The van der Waals surface area contributed by atoms with E-state index < -0.39 is 0 Å². The molecular formula is C12H14Cl2IN3O2. The van der Waals surface area contributed by atoms with Gasteiger partial charge in [-0.05, 0) is 19.1 Å². The van der Waals surface area contributed by atoms with Crippen LogP contribution >= 0.6 is 47.2 Å². The summed E-state index contributed by atoms with van der Waals surface area (Å²) in [6.45, 7) is 2.98. The second-order valence-electron chi connectivity index (χ2n) is 4.44. The van der Waals surface area contributed by atoms with Crippen molar-refractivity contribution in [1.29, 1.82) is 0 Å². The Kier molecular flexibility index (Phi) is 5.01. The van der Waals surface area contributed by atoms with Gasteiger partial charge in [0.1, 0.15) is 0 Å². The van der Waals surface area contributed by atoms with Crippen LogP contribution in [0.5, 0.6) is 0 Å². The van der Waals surface area contributed by atoms with Gasteiger partial charge in [-0.3, -0.25) is 14.7 Å². The summed E-state index contributed by atoms with van der Waals surface area (Å²) in [7, 11) is 0. The molecule has 1 aromatic carbocycles. The lowest BCUT2D eigenvalue weighted by molar-refractivity contribution is -0.144. The molecule has 0 aromatic heterocycles. The molecule has 20 heavy (non-hydrogen) atoms. The Hall–Kier alpha value is -0.280. The fourth-order valence-electron chi connectivity index (χ4n) is 2.30. The summed E-state index contributed by atoms with van der Waals surface area (Å²) in [5, 5.41) is 3.03. The highest BCUT2D eigenvalue weighted by molar-refractivity contribution is 14.0. The van der Waals surface area contributed by atoms with E-state index >= 15 is 0 Å². The molecule has 1 aromatic rings. The van der Waals surface area contributed by atoms with E-state index in [4.69, 9.17) is 27.9 Å². The molecule has 1 atom stereocenters. The normalized spacial score (nSPS) is 19.8. The molecule has 3 rings (SSSR count). The Bertz CT molecular complexity index is 544. The number of hydrogen-bond acceptors (Lipinski definition) is 5. The van der Waals surface area contributed by atoms with Crippen LogP contribution in [0.2, 0.25) is 10.0 Å². The Morgan fingerprint density at radius 3 is 2.95 bits per heavy atom. The summed E-state index contributed by atoms with van der Waals surface area (Å²) in [4.78, 5) is 13.5. The van der Waals surface area contributed by atoms with Gasteiger partial charge < -0.3 is 4.74 Å². The maximum atomic E-state index is 11.6. The van der Waals surface area contributed by atoms with Crippen molar-refractivity contribution in [1.82, 2.24) is 10.3 Å². The monoisotopic (exact) mass is 429 g/mol. The molecule has 0 amide bonds. The Balaban J connectivity index is 0.00000147. The molecule has 110 valence electrons. The van der Waals surface area contributed by atoms with E-state index in [1.165, 1.54) is 0 Å². The number of carbonyl (C=O) groups excluding carboxylic acids is 1. The standard InChI is InChI=1S/C12H13Cl2N3O2.HI/c1-2-19-10(18)6-16-5-7-9(17-12(16)15-17)4-3-8(13)11(7)14;/h3-4,12,15H,2,5-6H2,1H3;1H. The first-order chi connectivity index (χ1) is 9.11. The molecule has 0 aliphatic carbocycles. The number of halogens is 3. The number of hydrogen-bond donors (Lipinski definition) is 1.